The molecule has 1 amide bonds. The predicted molar refractivity (Wildman–Crippen MR) is 63.3 cm³/mol. The number of anilines is 1. The molecule has 1 aliphatic carbocycles. The molecule has 84 valence electrons. The minimum absolute atomic E-state index is 0.0632. The summed E-state index contributed by atoms with van der Waals surface area (Å²) in [4.78, 5) is 11.4. The van der Waals surface area contributed by atoms with Gasteiger partial charge in [-0.15, -0.1) is 11.6 Å². The maximum absolute atomic E-state index is 11.4. The number of hydrogen-bond acceptors (Lipinski definition) is 2. The zero-order valence-corrected chi connectivity index (χ0v) is 9.50. The number of hydrogen-bond donors (Lipinski definition) is 2. The summed E-state index contributed by atoms with van der Waals surface area (Å²) in [6.07, 6.45) is 2.41. The zero-order valence-electron chi connectivity index (χ0n) is 8.74. The van der Waals surface area contributed by atoms with E-state index < -0.39 is 6.04 Å². The maximum atomic E-state index is 11.4. The highest BCUT2D eigenvalue weighted by atomic mass is 35.5. The Kier molecular flexibility index (Phi) is 2.19. The van der Waals surface area contributed by atoms with Gasteiger partial charge in [0.15, 0.2) is 0 Å². The highest BCUT2D eigenvalue weighted by molar-refractivity contribution is 6.21. The van der Waals surface area contributed by atoms with Gasteiger partial charge in [0.05, 0.1) is 5.38 Å². The highest BCUT2D eigenvalue weighted by Crippen LogP contribution is 2.46. The molecule has 3 nitrogen and oxygen atoms in total. The first-order valence-electron chi connectivity index (χ1n) is 5.51. The molecular weight excluding hydrogens is 224 g/mol. The molecule has 0 saturated heterocycles. The van der Waals surface area contributed by atoms with E-state index in [1.165, 1.54) is 12.8 Å². The van der Waals surface area contributed by atoms with Crippen molar-refractivity contribution in [3.8, 4) is 0 Å². The minimum atomic E-state index is -0.544. The molecule has 1 aromatic carbocycles. The third-order valence-corrected chi connectivity index (χ3v) is 3.91. The van der Waals surface area contributed by atoms with Crippen molar-refractivity contribution in [1.82, 2.24) is 0 Å². The van der Waals surface area contributed by atoms with Gasteiger partial charge in [-0.25, -0.2) is 0 Å². The Balaban J connectivity index is 1.96. The van der Waals surface area contributed by atoms with Gasteiger partial charge in [0, 0.05) is 11.3 Å². The summed E-state index contributed by atoms with van der Waals surface area (Å²) in [5, 5.41) is 2.81. The molecule has 1 aliphatic heterocycles. The predicted octanol–water partition coefficient (Wildman–Crippen LogP) is 2.33. The summed E-state index contributed by atoms with van der Waals surface area (Å²) >= 11 is 6.34. The second kappa shape index (κ2) is 3.47. The summed E-state index contributed by atoms with van der Waals surface area (Å²) in [5.41, 5.74) is 8.56. The van der Waals surface area contributed by atoms with Crippen molar-refractivity contribution in [2.24, 2.45) is 11.7 Å². The van der Waals surface area contributed by atoms with E-state index in [2.05, 4.69) is 5.32 Å². The van der Waals surface area contributed by atoms with Gasteiger partial charge in [-0.3, -0.25) is 4.79 Å². The average Bonchev–Trinajstić information content (AvgIpc) is 3.07. The Hall–Kier alpha value is -1.06. The van der Waals surface area contributed by atoms with Crippen LogP contribution >= 0.6 is 11.6 Å². The molecular formula is C12H13ClN2O. The topological polar surface area (TPSA) is 55.1 Å². The third-order valence-electron chi connectivity index (χ3n) is 3.31. The van der Waals surface area contributed by atoms with E-state index in [9.17, 15) is 4.79 Å². The van der Waals surface area contributed by atoms with Gasteiger partial charge in [-0.2, -0.15) is 0 Å². The largest absolute Gasteiger partial charge is 0.324 e. The molecule has 3 N–H and O–H groups in total. The van der Waals surface area contributed by atoms with Crippen LogP contribution in [0.15, 0.2) is 18.2 Å². The maximum Gasteiger partial charge on any atom is 0.245 e. The van der Waals surface area contributed by atoms with Gasteiger partial charge in [-0.1, -0.05) is 12.1 Å². The van der Waals surface area contributed by atoms with Crippen molar-refractivity contribution in [2.75, 3.05) is 5.32 Å². The Morgan fingerprint density at radius 3 is 2.88 bits per heavy atom. The lowest BCUT2D eigenvalue weighted by molar-refractivity contribution is -0.116. The number of nitrogens with two attached hydrogens (primary N) is 1. The van der Waals surface area contributed by atoms with Crippen LogP contribution in [-0.2, 0) is 4.79 Å². The van der Waals surface area contributed by atoms with Crippen molar-refractivity contribution in [3.63, 3.8) is 0 Å². The number of amides is 1. The van der Waals surface area contributed by atoms with Crippen molar-refractivity contribution in [1.29, 1.82) is 0 Å². The number of halogens is 1. The fourth-order valence-electron chi connectivity index (χ4n) is 2.14. The molecule has 0 unspecified atom stereocenters. The fraction of sp³-hybridized carbons (Fsp3) is 0.417. The van der Waals surface area contributed by atoms with Crippen LogP contribution in [0.3, 0.4) is 0 Å². The van der Waals surface area contributed by atoms with Crippen LogP contribution < -0.4 is 11.1 Å². The first-order valence-corrected chi connectivity index (χ1v) is 5.95. The molecule has 0 aromatic heterocycles. The van der Waals surface area contributed by atoms with Crippen LogP contribution in [0.2, 0.25) is 0 Å². The van der Waals surface area contributed by atoms with Crippen molar-refractivity contribution < 1.29 is 4.79 Å². The monoisotopic (exact) mass is 236 g/mol. The summed E-state index contributed by atoms with van der Waals surface area (Å²) in [6.45, 7) is 0. The quantitative estimate of drug-likeness (QED) is 0.775. The van der Waals surface area contributed by atoms with Gasteiger partial charge < -0.3 is 11.1 Å². The van der Waals surface area contributed by atoms with Crippen LogP contribution in [0.4, 0.5) is 5.69 Å². The molecule has 16 heavy (non-hydrogen) atoms. The SMILES string of the molecule is N[C@H]1C(=O)Nc2ccc([C@@H](Cl)C3CC3)cc21. The average molecular weight is 237 g/mol. The number of alkyl halides is 1. The number of carbonyl (C=O) groups is 1. The Labute approximate surface area is 99.0 Å². The lowest BCUT2D eigenvalue weighted by Gasteiger charge is -2.10. The lowest BCUT2D eigenvalue weighted by Crippen LogP contribution is -2.19. The second-order valence-electron chi connectivity index (χ2n) is 4.55. The fourth-order valence-corrected chi connectivity index (χ4v) is 2.52. The van der Waals surface area contributed by atoms with E-state index >= 15 is 0 Å². The summed E-state index contributed by atoms with van der Waals surface area (Å²) in [5.74, 6) is 0.464. The molecule has 0 radical (unpaired) electrons. The summed E-state index contributed by atoms with van der Waals surface area (Å²) in [6, 6.07) is 5.30. The van der Waals surface area contributed by atoms with E-state index in [4.69, 9.17) is 17.3 Å². The van der Waals surface area contributed by atoms with Crippen LogP contribution in [0.1, 0.15) is 35.4 Å². The molecule has 3 rings (SSSR count). The van der Waals surface area contributed by atoms with Gasteiger partial charge >= 0.3 is 0 Å². The first-order chi connectivity index (χ1) is 7.66. The van der Waals surface area contributed by atoms with E-state index in [1.54, 1.807) is 0 Å². The second-order valence-corrected chi connectivity index (χ2v) is 5.02. The molecule has 0 bridgehead atoms. The van der Waals surface area contributed by atoms with Crippen LogP contribution in [0, 0.1) is 5.92 Å². The number of rotatable bonds is 2. The molecule has 4 heteroatoms. The van der Waals surface area contributed by atoms with Gasteiger partial charge in [0.2, 0.25) is 5.91 Å². The molecule has 0 spiro atoms. The molecule has 1 fully saturated rings. The van der Waals surface area contributed by atoms with Crippen molar-refractivity contribution >= 4 is 23.2 Å². The van der Waals surface area contributed by atoms with Gasteiger partial charge in [0.1, 0.15) is 6.04 Å². The van der Waals surface area contributed by atoms with E-state index in [-0.39, 0.29) is 11.3 Å². The van der Waals surface area contributed by atoms with Crippen molar-refractivity contribution in [2.45, 2.75) is 24.3 Å². The number of fused-ring (bicyclic) bond motifs is 1. The van der Waals surface area contributed by atoms with E-state index in [1.807, 2.05) is 18.2 Å². The third kappa shape index (κ3) is 1.51. The lowest BCUT2D eigenvalue weighted by atomic mass is 10.0. The standard InChI is InChI=1S/C12H13ClN2O/c13-10(6-1-2-6)7-3-4-9-8(5-7)11(14)12(16)15-9/h3-6,10-11H,1-2,14H2,(H,15,16)/t10-,11+/m0/s1. The summed E-state index contributed by atoms with van der Waals surface area (Å²) in [7, 11) is 0. The van der Waals surface area contributed by atoms with Crippen LogP contribution in [-0.4, -0.2) is 5.91 Å². The normalized spacial score (nSPS) is 25.1. The van der Waals surface area contributed by atoms with Gasteiger partial charge in [0.25, 0.3) is 0 Å². The molecule has 1 saturated carbocycles. The Morgan fingerprint density at radius 2 is 2.19 bits per heavy atom. The summed E-state index contributed by atoms with van der Waals surface area (Å²) < 4.78 is 0. The van der Waals surface area contributed by atoms with Crippen LogP contribution in [0.25, 0.3) is 0 Å². The minimum Gasteiger partial charge on any atom is -0.324 e. The van der Waals surface area contributed by atoms with E-state index in [0.717, 1.165) is 16.8 Å². The van der Waals surface area contributed by atoms with Crippen LogP contribution in [0.5, 0.6) is 0 Å². The molecule has 2 atom stereocenters. The van der Waals surface area contributed by atoms with E-state index in [0.29, 0.717) is 5.92 Å². The Morgan fingerprint density at radius 1 is 1.44 bits per heavy atom. The van der Waals surface area contributed by atoms with Crippen molar-refractivity contribution in [3.05, 3.63) is 29.3 Å². The number of nitrogens with one attached hydrogen (secondary N) is 1. The van der Waals surface area contributed by atoms with Gasteiger partial charge in [-0.05, 0) is 30.4 Å². The first kappa shape index (κ1) is 10.1. The zero-order chi connectivity index (χ0) is 11.3. The molecule has 1 heterocycles. The smallest absolute Gasteiger partial charge is 0.245 e. The Bertz CT molecular complexity index is 456. The number of benzene rings is 1. The molecule has 1 aromatic rings. The highest BCUT2D eigenvalue weighted by Gasteiger charge is 2.33. The molecule has 2 aliphatic rings. The number of carbonyl (C=O) groups excluding carboxylic acids is 1.